The number of unbranched alkanes of at least 4 members (excludes halogenated alkanes) is 7. The average molecular weight is 277 g/mol. The molecule has 0 atom stereocenters. The second-order valence-corrected chi connectivity index (χ2v) is 5.14. The molecule has 0 aliphatic rings. The third kappa shape index (κ3) is 8.51. The van der Waals surface area contributed by atoms with E-state index in [9.17, 15) is 4.79 Å². The van der Waals surface area contributed by atoms with Gasteiger partial charge in [0.2, 0.25) is 5.91 Å². The minimum Gasteiger partial charge on any atom is -0.360 e. The number of carbonyl (C=O) groups excluding carboxylic acids is 1. The number of nitrogens with one attached hydrogen (secondary N) is 2. The molecular formula is C16H27N3O. The first-order valence-electron chi connectivity index (χ1n) is 7.78. The Balaban J connectivity index is 1.92. The molecule has 20 heavy (non-hydrogen) atoms. The molecule has 0 unspecified atom stereocenters. The number of hydrogen-bond donors (Lipinski definition) is 2. The minimum absolute atomic E-state index is 0.00112. The number of rotatable bonds is 11. The Labute approximate surface area is 122 Å². The van der Waals surface area contributed by atoms with Gasteiger partial charge in [0.25, 0.3) is 0 Å². The molecule has 112 valence electrons. The van der Waals surface area contributed by atoms with E-state index < -0.39 is 0 Å². The SMILES string of the molecule is CCCCCCCCCCC(=O)N/N=C/c1ccc[nH]1. The fraction of sp³-hybridized carbons (Fsp3) is 0.625. The Bertz CT molecular complexity index is 371. The molecule has 0 bridgehead atoms. The number of aromatic nitrogens is 1. The fourth-order valence-electron chi connectivity index (χ4n) is 2.07. The summed E-state index contributed by atoms with van der Waals surface area (Å²) in [6.07, 6.45) is 14.0. The molecule has 1 aromatic heterocycles. The molecule has 1 heterocycles. The van der Waals surface area contributed by atoms with Crippen LogP contribution in [0.3, 0.4) is 0 Å². The summed E-state index contributed by atoms with van der Waals surface area (Å²) in [5.74, 6) is -0.00112. The highest BCUT2D eigenvalue weighted by Gasteiger charge is 1.99. The van der Waals surface area contributed by atoms with Crippen molar-refractivity contribution in [3.63, 3.8) is 0 Å². The molecule has 2 N–H and O–H groups in total. The number of hydrogen-bond acceptors (Lipinski definition) is 2. The van der Waals surface area contributed by atoms with Gasteiger partial charge in [-0.2, -0.15) is 5.10 Å². The van der Waals surface area contributed by atoms with Crippen LogP contribution >= 0.6 is 0 Å². The monoisotopic (exact) mass is 277 g/mol. The lowest BCUT2D eigenvalue weighted by molar-refractivity contribution is -0.121. The number of H-pyrrole nitrogens is 1. The lowest BCUT2D eigenvalue weighted by Crippen LogP contribution is -2.16. The number of aromatic amines is 1. The van der Waals surface area contributed by atoms with Crippen LogP contribution in [0, 0.1) is 0 Å². The lowest BCUT2D eigenvalue weighted by Gasteiger charge is -2.01. The maximum Gasteiger partial charge on any atom is 0.240 e. The first-order valence-corrected chi connectivity index (χ1v) is 7.78. The van der Waals surface area contributed by atoms with E-state index in [1.54, 1.807) is 6.21 Å². The van der Waals surface area contributed by atoms with Gasteiger partial charge in [0.1, 0.15) is 0 Å². The molecule has 0 aliphatic heterocycles. The van der Waals surface area contributed by atoms with Crippen LogP contribution in [0.4, 0.5) is 0 Å². The topological polar surface area (TPSA) is 57.2 Å². The van der Waals surface area contributed by atoms with Crippen molar-refractivity contribution in [2.45, 2.75) is 64.7 Å². The van der Waals surface area contributed by atoms with E-state index in [2.05, 4.69) is 22.4 Å². The Morgan fingerprint density at radius 1 is 1.20 bits per heavy atom. The quantitative estimate of drug-likeness (QED) is 0.358. The van der Waals surface area contributed by atoms with E-state index in [0.29, 0.717) is 6.42 Å². The zero-order chi connectivity index (χ0) is 14.5. The Morgan fingerprint density at radius 2 is 1.90 bits per heavy atom. The van der Waals surface area contributed by atoms with Crippen molar-refractivity contribution in [2.24, 2.45) is 5.10 Å². The molecular weight excluding hydrogens is 250 g/mol. The summed E-state index contributed by atoms with van der Waals surface area (Å²) in [5, 5.41) is 3.91. The molecule has 0 saturated carbocycles. The molecule has 4 heteroatoms. The van der Waals surface area contributed by atoms with E-state index in [4.69, 9.17) is 0 Å². The van der Waals surface area contributed by atoms with Crippen molar-refractivity contribution in [1.82, 2.24) is 10.4 Å². The Morgan fingerprint density at radius 3 is 2.55 bits per heavy atom. The van der Waals surface area contributed by atoms with E-state index >= 15 is 0 Å². The van der Waals surface area contributed by atoms with Crippen molar-refractivity contribution < 1.29 is 4.79 Å². The summed E-state index contributed by atoms with van der Waals surface area (Å²) < 4.78 is 0. The molecule has 0 aliphatic carbocycles. The van der Waals surface area contributed by atoms with E-state index in [1.807, 2.05) is 18.3 Å². The number of carbonyl (C=O) groups is 1. The second kappa shape index (κ2) is 11.3. The van der Waals surface area contributed by atoms with Gasteiger partial charge in [0.15, 0.2) is 0 Å². The summed E-state index contributed by atoms with van der Waals surface area (Å²) in [7, 11) is 0. The third-order valence-corrected chi connectivity index (χ3v) is 3.27. The predicted octanol–water partition coefficient (Wildman–Crippen LogP) is 4.00. The third-order valence-electron chi connectivity index (χ3n) is 3.27. The molecule has 0 aromatic carbocycles. The van der Waals surface area contributed by atoms with Crippen molar-refractivity contribution in [1.29, 1.82) is 0 Å². The normalized spacial score (nSPS) is 11.1. The van der Waals surface area contributed by atoms with Crippen LogP contribution < -0.4 is 5.43 Å². The van der Waals surface area contributed by atoms with Crippen LogP contribution in [0.25, 0.3) is 0 Å². The van der Waals surface area contributed by atoms with Crippen molar-refractivity contribution in [2.75, 3.05) is 0 Å². The van der Waals surface area contributed by atoms with Gasteiger partial charge in [-0.15, -0.1) is 0 Å². The van der Waals surface area contributed by atoms with E-state index in [1.165, 1.54) is 38.5 Å². The minimum atomic E-state index is -0.00112. The van der Waals surface area contributed by atoms with Crippen molar-refractivity contribution in [3.8, 4) is 0 Å². The highest BCUT2D eigenvalue weighted by atomic mass is 16.2. The van der Waals surface area contributed by atoms with Gasteiger partial charge in [0.05, 0.1) is 11.9 Å². The number of nitrogens with zero attached hydrogens (tertiary/aromatic N) is 1. The van der Waals surface area contributed by atoms with Crippen LogP contribution in [0.1, 0.15) is 70.4 Å². The Kier molecular flexibility index (Phi) is 9.28. The molecule has 0 fully saturated rings. The average Bonchev–Trinajstić information content (AvgIpc) is 2.95. The number of amides is 1. The molecule has 1 amide bonds. The van der Waals surface area contributed by atoms with Gasteiger partial charge in [-0.05, 0) is 18.6 Å². The predicted molar refractivity (Wildman–Crippen MR) is 83.8 cm³/mol. The molecule has 1 aromatic rings. The van der Waals surface area contributed by atoms with Gasteiger partial charge in [-0.3, -0.25) is 4.79 Å². The van der Waals surface area contributed by atoms with Crippen LogP contribution in [-0.2, 0) is 4.79 Å². The van der Waals surface area contributed by atoms with Crippen LogP contribution in [0.15, 0.2) is 23.4 Å². The van der Waals surface area contributed by atoms with Gasteiger partial charge >= 0.3 is 0 Å². The van der Waals surface area contributed by atoms with Crippen molar-refractivity contribution >= 4 is 12.1 Å². The van der Waals surface area contributed by atoms with Crippen LogP contribution in [0.5, 0.6) is 0 Å². The van der Waals surface area contributed by atoms with Gasteiger partial charge in [-0.1, -0.05) is 51.9 Å². The molecule has 1 rings (SSSR count). The zero-order valence-corrected chi connectivity index (χ0v) is 12.5. The lowest BCUT2D eigenvalue weighted by atomic mass is 10.1. The highest BCUT2D eigenvalue weighted by molar-refractivity contribution is 5.80. The maximum atomic E-state index is 11.5. The van der Waals surface area contributed by atoms with Crippen LogP contribution in [0.2, 0.25) is 0 Å². The summed E-state index contributed by atoms with van der Waals surface area (Å²) in [6.45, 7) is 2.23. The summed E-state index contributed by atoms with van der Waals surface area (Å²) in [6, 6.07) is 3.79. The van der Waals surface area contributed by atoms with Crippen molar-refractivity contribution in [3.05, 3.63) is 24.0 Å². The zero-order valence-electron chi connectivity index (χ0n) is 12.5. The fourth-order valence-corrected chi connectivity index (χ4v) is 2.07. The van der Waals surface area contributed by atoms with Gasteiger partial charge < -0.3 is 4.98 Å². The Hall–Kier alpha value is -1.58. The largest absolute Gasteiger partial charge is 0.360 e. The second-order valence-electron chi connectivity index (χ2n) is 5.14. The smallest absolute Gasteiger partial charge is 0.240 e. The number of hydrazone groups is 1. The van der Waals surface area contributed by atoms with Gasteiger partial charge in [-0.25, -0.2) is 5.43 Å². The van der Waals surface area contributed by atoms with Crippen LogP contribution in [-0.4, -0.2) is 17.1 Å². The first kappa shape index (κ1) is 16.5. The summed E-state index contributed by atoms with van der Waals surface area (Å²) in [5.41, 5.74) is 3.44. The first-order chi connectivity index (χ1) is 9.83. The molecule has 4 nitrogen and oxygen atoms in total. The molecule has 0 saturated heterocycles. The highest BCUT2D eigenvalue weighted by Crippen LogP contribution is 2.09. The molecule has 0 radical (unpaired) electrons. The summed E-state index contributed by atoms with van der Waals surface area (Å²) >= 11 is 0. The van der Waals surface area contributed by atoms with Gasteiger partial charge in [0, 0.05) is 12.6 Å². The molecule has 0 spiro atoms. The maximum absolute atomic E-state index is 11.5. The summed E-state index contributed by atoms with van der Waals surface area (Å²) in [4.78, 5) is 14.5. The van der Waals surface area contributed by atoms with E-state index in [-0.39, 0.29) is 5.91 Å². The van der Waals surface area contributed by atoms with E-state index in [0.717, 1.165) is 18.5 Å². The standard InChI is InChI=1S/C16H27N3O/c1-2-3-4-5-6-7-8-9-12-16(20)19-18-14-15-11-10-13-17-15/h10-11,13-14,17H,2-9,12H2,1H3,(H,19,20)/b18-14+.